The molecular weight excluding hydrogens is 400 g/mol. The maximum absolute atomic E-state index is 13.0. The Balaban J connectivity index is 1.16. The molecule has 2 aliphatic rings. The molecule has 2 fully saturated rings. The van der Waals surface area contributed by atoms with Crippen LogP contribution in [0.1, 0.15) is 61.2 Å². The van der Waals surface area contributed by atoms with Crippen molar-refractivity contribution in [3.8, 4) is 0 Å². The third-order valence-electron chi connectivity index (χ3n) is 7.24. The number of hydrogen-bond acceptors (Lipinski definition) is 4. The van der Waals surface area contributed by atoms with Crippen molar-refractivity contribution in [2.75, 3.05) is 39.3 Å². The SMILES string of the molecule is Cc1cc2ccc3[nH]c(C(=O)NC4CCCN(CCN5CCCCCC5)CC4)cc3c2o1. The molecule has 0 radical (unpaired) electrons. The van der Waals surface area contributed by atoms with Crippen LogP contribution >= 0.6 is 0 Å². The first-order valence-electron chi connectivity index (χ1n) is 12.4. The molecule has 32 heavy (non-hydrogen) atoms. The van der Waals surface area contributed by atoms with Crippen LogP contribution in [0, 0.1) is 6.92 Å². The van der Waals surface area contributed by atoms with Crippen LogP contribution in [0.15, 0.2) is 28.7 Å². The van der Waals surface area contributed by atoms with Crippen molar-refractivity contribution in [2.45, 2.75) is 57.9 Å². The Labute approximate surface area is 190 Å². The summed E-state index contributed by atoms with van der Waals surface area (Å²) < 4.78 is 5.87. The van der Waals surface area contributed by atoms with Crippen molar-refractivity contribution in [3.05, 3.63) is 35.7 Å². The summed E-state index contributed by atoms with van der Waals surface area (Å²) in [6.45, 7) is 9.03. The number of likely N-dealkylation sites (tertiary alicyclic amines) is 2. The highest BCUT2D eigenvalue weighted by molar-refractivity contribution is 6.07. The van der Waals surface area contributed by atoms with Crippen LogP contribution in [-0.4, -0.2) is 66.0 Å². The van der Waals surface area contributed by atoms with Crippen LogP contribution in [-0.2, 0) is 0 Å². The Hall–Kier alpha value is -2.31. The van der Waals surface area contributed by atoms with Gasteiger partial charge in [-0.05, 0) is 82.9 Å². The Kier molecular flexibility index (Phi) is 6.51. The first-order chi connectivity index (χ1) is 15.7. The van der Waals surface area contributed by atoms with E-state index in [1.807, 2.05) is 31.2 Å². The molecule has 4 heterocycles. The molecule has 1 aromatic carbocycles. The lowest BCUT2D eigenvalue weighted by atomic mass is 10.1. The number of nitrogens with zero attached hydrogens (tertiary/aromatic N) is 2. The normalized spacial score (nSPS) is 21.6. The second-order valence-corrected chi connectivity index (χ2v) is 9.68. The van der Waals surface area contributed by atoms with Crippen LogP contribution in [0.2, 0.25) is 0 Å². The molecule has 5 rings (SSSR count). The summed E-state index contributed by atoms with van der Waals surface area (Å²) in [6.07, 6.45) is 8.71. The predicted octanol–water partition coefficient (Wildman–Crippen LogP) is 4.68. The molecule has 3 aromatic rings. The van der Waals surface area contributed by atoms with E-state index in [-0.39, 0.29) is 11.9 Å². The number of H-pyrrole nitrogens is 1. The van der Waals surface area contributed by atoms with Crippen molar-refractivity contribution >= 4 is 27.8 Å². The van der Waals surface area contributed by atoms with E-state index in [9.17, 15) is 4.79 Å². The number of fused-ring (bicyclic) bond motifs is 3. The third kappa shape index (κ3) is 4.86. The topological polar surface area (TPSA) is 64.5 Å². The summed E-state index contributed by atoms with van der Waals surface area (Å²) in [7, 11) is 0. The van der Waals surface area contributed by atoms with Crippen molar-refractivity contribution in [1.82, 2.24) is 20.1 Å². The number of carbonyl (C=O) groups excluding carboxylic acids is 1. The zero-order valence-corrected chi connectivity index (χ0v) is 19.3. The summed E-state index contributed by atoms with van der Waals surface area (Å²) >= 11 is 0. The first kappa shape index (κ1) is 21.5. The van der Waals surface area contributed by atoms with Gasteiger partial charge in [-0.15, -0.1) is 0 Å². The van der Waals surface area contributed by atoms with Gasteiger partial charge in [0.25, 0.3) is 5.91 Å². The fourth-order valence-corrected chi connectivity index (χ4v) is 5.38. The number of benzene rings is 1. The summed E-state index contributed by atoms with van der Waals surface area (Å²) in [5.74, 6) is 0.874. The number of carbonyl (C=O) groups is 1. The molecule has 0 aliphatic carbocycles. The maximum Gasteiger partial charge on any atom is 0.267 e. The van der Waals surface area contributed by atoms with Gasteiger partial charge in [0.1, 0.15) is 17.0 Å². The highest BCUT2D eigenvalue weighted by atomic mass is 16.3. The van der Waals surface area contributed by atoms with Gasteiger partial charge in [0, 0.05) is 42.0 Å². The molecule has 0 spiro atoms. The van der Waals surface area contributed by atoms with Crippen LogP contribution in [0.25, 0.3) is 21.9 Å². The van der Waals surface area contributed by atoms with Gasteiger partial charge >= 0.3 is 0 Å². The molecule has 2 aromatic heterocycles. The van der Waals surface area contributed by atoms with Gasteiger partial charge in [-0.2, -0.15) is 0 Å². The largest absolute Gasteiger partial charge is 0.461 e. The van der Waals surface area contributed by atoms with Gasteiger partial charge < -0.3 is 24.5 Å². The average Bonchev–Trinajstić information content (AvgIpc) is 3.18. The number of furan rings is 1. The summed E-state index contributed by atoms with van der Waals surface area (Å²) in [4.78, 5) is 21.5. The molecule has 2 N–H and O–H groups in total. The van der Waals surface area contributed by atoms with Crippen molar-refractivity contribution < 1.29 is 9.21 Å². The summed E-state index contributed by atoms with van der Waals surface area (Å²) in [6, 6.07) is 8.27. The molecule has 1 amide bonds. The van der Waals surface area contributed by atoms with E-state index in [0.29, 0.717) is 5.69 Å². The first-order valence-corrected chi connectivity index (χ1v) is 12.4. The second kappa shape index (κ2) is 9.67. The molecule has 0 bridgehead atoms. The minimum absolute atomic E-state index is 0.0133. The Morgan fingerprint density at radius 2 is 1.75 bits per heavy atom. The van der Waals surface area contributed by atoms with Crippen LogP contribution in [0.4, 0.5) is 0 Å². The van der Waals surface area contributed by atoms with Gasteiger partial charge in [-0.25, -0.2) is 0 Å². The minimum atomic E-state index is -0.0133. The van der Waals surface area contributed by atoms with Gasteiger partial charge in [-0.1, -0.05) is 12.8 Å². The second-order valence-electron chi connectivity index (χ2n) is 9.68. The monoisotopic (exact) mass is 436 g/mol. The number of hydrogen-bond donors (Lipinski definition) is 2. The number of rotatable bonds is 5. The van der Waals surface area contributed by atoms with Gasteiger partial charge in [-0.3, -0.25) is 4.79 Å². The van der Waals surface area contributed by atoms with Crippen molar-refractivity contribution in [2.24, 2.45) is 0 Å². The van der Waals surface area contributed by atoms with Crippen molar-refractivity contribution in [1.29, 1.82) is 0 Å². The lowest BCUT2D eigenvalue weighted by Gasteiger charge is -2.25. The van der Waals surface area contributed by atoms with E-state index < -0.39 is 0 Å². The molecule has 6 nitrogen and oxygen atoms in total. The predicted molar refractivity (Wildman–Crippen MR) is 129 cm³/mol. The van der Waals surface area contributed by atoms with E-state index in [2.05, 4.69) is 20.1 Å². The van der Waals surface area contributed by atoms with Crippen LogP contribution in [0.3, 0.4) is 0 Å². The van der Waals surface area contributed by atoms with Crippen LogP contribution < -0.4 is 5.32 Å². The average molecular weight is 437 g/mol. The molecule has 2 saturated heterocycles. The van der Waals surface area contributed by atoms with Gasteiger partial charge in [0.2, 0.25) is 0 Å². The number of aromatic nitrogens is 1. The highest BCUT2D eigenvalue weighted by Gasteiger charge is 2.21. The molecule has 1 unspecified atom stereocenters. The zero-order valence-electron chi connectivity index (χ0n) is 19.3. The van der Waals surface area contributed by atoms with E-state index in [1.165, 1.54) is 45.3 Å². The van der Waals surface area contributed by atoms with E-state index in [4.69, 9.17) is 4.42 Å². The summed E-state index contributed by atoms with van der Waals surface area (Å²) in [5.41, 5.74) is 2.41. The molecule has 172 valence electrons. The Morgan fingerprint density at radius 1 is 1.00 bits per heavy atom. The van der Waals surface area contributed by atoms with Gasteiger partial charge in [0.15, 0.2) is 0 Å². The van der Waals surface area contributed by atoms with E-state index in [0.717, 1.165) is 66.5 Å². The smallest absolute Gasteiger partial charge is 0.267 e. The molecule has 2 aliphatic heterocycles. The number of nitrogens with one attached hydrogen (secondary N) is 2. The Morgan fingerprint density at radius 3 is 2.56 bits per heavy atom. The van der Waals surface area contributed by atoms with E-state index in [1.54, 1.807) is 0 Å². The lowest BCUT2D eigenvalue weighted by Crippen LogP contribution is -2.38. The number of amides is 1. The number of aryl methyl sites for hydroxylation is 1. The summed E-state index contributed by atoms with van der Waals surface area (Å²) in [5, 5.41) is 5.33. The molecule has 1 atom stereocenters. The fourth-order valence-electron chi connectivity index (χ4n) is 5.38. The quantitative estimate of drug-likeness (QED) is 0.609. The fraction of sp³-hybridized carbons (Fsp3) is 0.577. The Bertz CT molecular complexity index is 1060. The molecular formula is C26H36N4O2. The number of aromatic amines is 1. The van der Waals surface area contributed by atoms with Gasteiger partial charge in [0.05, 0.1) is 0 Å². The molecule has 6 heteroatoms. The highest BCUT2D eigenvalue weighted by Crippen LogP contribution is 2.28. The van der Waals surface area contributed by atoms with Crippen LogP contribution in [0.5, 0.6) is 0 Å². The molecule has 0 saturated carbocycles. The third-order valence-corrected chi connectivity index (χ3v) is 7.24. The minimum Gasteiger partial charge on any atom is -0.461 e. The van der Waals surface area contributed by atoms with E-state index >= 15 is 0 Å². The lowest BCUT2D eigenvalue weighted by molar-refractivity contribution is 0.0929. The zero-order chi connectivity index (χ0) is 21.9. The van der Waals surface area contributed by atoms with Crippen molar-refractivity contribution in [3.63, 3.8) is 0 Å². The maximum atomic E-state index is 13.0. The standard InChI is InChI=1S/C26H36N4O2/c1-19-17-20-8-9-23-22(25(20)32-19)18-24(28-23)26(31)27-21-7-6-13-30(14-10-21)16-15-29-11-4-2-3-5-12-29/h8-9,17-18,21,28H,2-7,10-16H2,1H3,(H,27,31).